The van der Waals surface area contributed by atoms with E-state index < -0.39 is 0 Å². The maximum absolute atomic E-state index is 8.95. The fourth-order valence-electron chi connectivity index (χ4n) is 2.07. The Balaban J connectivity index is 2.12. The van der Waals surface area contributed by atoms with Crippen LogP contribution in [0, 0.1) is 0 Å². The quantitative estimate of drug-likeness (QED) is 0.777. The van der Waals surface area contributed by atoms with Crippen LogP contribution in [-0.2, 0) is 6.42 Å². The summed E-state index contributed by atoms with van der Waals surface area (Å²) >= 11 is 1.65. The van der Waals surface area contributed by atoms with E-state index in [2.05, 4.69) is 35.3 Å². The van der Waals surface area contributed by atoms with Crippen molar-refractivity contribution in [2.75, 3.05) is 6.61 Å². The Labute approximate surface area is 110 Å². The van der Waals surface area contributed by atoms with Gasteiger partial charge in [-0.2, -0.15) is 0 Å². The molecule has 0 aliphatic carbocycles. The molecule has 0 radical (unpaired) electrons. The molecule has 0 unspecified atom stereocenters. The van der Waals surface area contributed by atoms with E-state index in [1.807, 2.05) is 18.3 Å². The molecular weight excluding hydrogens is 242 g/mol. The Kier molecular flexibility index (Phi) is 3.09. The number of rotatable bonds is 3. The third kappa shape index (κ3) is 2.03. The highest BCUT2D eigenvalue weighted by atomic mass is 32.1. The van der Waals surface area contributed by atoms with Crippen molar-refractivity contribution >= 4 is 22.1 Å². The summed E-state index contributed by atoms with van der Waals surface area (Å²) in [5.41, 5.74) is 1.17. The number of aliphatic hydroxyl groups excluding tert-OH is 1. The number of aliphatic hydroxyl groups is 1. The summed E-state index contributed by atoms with van der Waals surface area (Å²) in [5, 5.41) is 12.4. The van der Waals surface area contributed by atoms with Gasteiger partial charge < -0.3 is 5.11 Å². The van der Waals surface area contributed by atoms with Gasteiger partial charge in [0.1, 0.15) is 5.01 Å². The second kappa shape index (κ2) is 4.88. The number of benzene rings is 2. The molecule has 0 saturated heterocycles. The van der Waals surface area contributed by atoms with Crippen LogP contribution in [-0.4, -0.2) is 16.7 Å². The normalized spacial score (nSPS) is 10.9. The lowest BCUT2D eigenvalue weighted by Gasteiger charge is -2.02. The van der Waals surface area contributed by atoms with Crippen LogP contribution < -0.4 is 0 Å². The molecule has 2 aromatic carbocycles. The van der Waals surface area contributed by atoms with Crippen molar-refractivity contribution in [1.29, 1.82) is 0 Å². The SMILES string of the molecule is OCCc1cnc(-c2cccc3ccccc23)s1. The van der Waals surface area contributed by atoms with Gasteiger partial charge in [-0.15, -0.1) is 11.3 Å². The second-order valence-electron chi connectivity index (χ2n) is 4.13. The van der Waals surface area contributed by atoms with E-state index in [-0.39, 0.29) is 6.61 Å². The van der Waals surface area contributed by atoms with Gasteiger partial charge in [0.2, 0.25) is 0 Å². The van der Waals surface area contributed by atoms with E-state index in [0.717, 1.165) is 9.88 Å². The highest BCUT2D eigenvalue weighted by Crippen LogP contribution is 2.31. The molecule has 0 spiro atoms. The van der Waals surface area contributed by atoms with Gasteiger partial charge in [-0.3, -0.25) is 0 Å². The zero-order valence-corrected chi connectivity index (χ0v) is 10.7. The zero-order valence-electron chi connectivity index (χ0n) is 9.84. The van der Waals surface area contributed by atoms with Crippen molar-refractivity contribution in [3.05, 3.63) is 53.5 Å². The van der Waals surface area contributed by atoms with Crippen molar-refractivity contribution in [2.45, 2.75) is 6.42 Å². The van der Waals surface area contributed by atoms with Gasteiger partial charge in [0.05, 0.1) is 0 Å². The van der Waals surface area contributed by atoms with E-state index in [0.29, 0.717) is 6.42 Å². The van der Waals surface area contributed by atoms with Gasteiger partial charge in [0, 0.05) is 29.7 Å². The number of hydrogen-bond acceptors (Lipinski definition) is 3. The summed E-state index contributed by atoms with van der Waals surface area (Å²) in [6, 6.07) is 14.6. The largest absolute Gasteiger partial charge is 0.396 e. The number of fused-ring (bicyclic) bond motifs is 1. The summed E-state index contributed by atoms with van der Waals surface area (Å²) in [4.78, 5) is 5.59. The Bertz CT molecular complexity index is 670. The molecule has 0 aliphatic heterocycles. The van der Waals surface area contributed by atoms with E-state index in [4.69, 9.17) is 5.11 Å². The molecular formula is C15H13NOS. The van der Waals surface area contributed by atoms with Crippen molar-refractivity contribution in [3.63, 3.8) is 0 Å². The van der Waals surface area contributed by atoms with Crippen LogP contribution in [0.4, 0.5) is 0 Å². The van der Waals surface area contributed by atoms with Crippen LogP contribution in [0.25, 0.3) is 21.3 Å². The molecule has 90 valence electrons. The smallest absolute Gasteiger partial charge is 0.124 e. The molecule has 0 bridgehead atoms. The number of nitrogens with zero attached hydrogens (tertiary/aromatic N) is 1. The number of thiazole rings is 1. The van der Waals surface area contributed by atoms with Crippen molar-refractivity contribution < 1.29 is 5.11 Å². The molecule has 1 N–H and O–H groups in total. The lowest BCUT2D eigenvalue weighted by molar-refractivity contribution is 0.300. The first-order valence-corrected chi connectivity index (χ1v) is 6.74. The third-order valence-electron chi connectivity index (χ3n) is 2.93. The van der Waals surface area contributed by atoms with Crippen LogP contribution >= 0.6 is 11.3 Å². The molecule has 0 atom stereocenters. The maximum Gasteiger partial charge on any atom is 0.124 e. The predicted molar refractivity (Wildman–Crippen MR) is 75.8 cm³/mol. The van der Waals surface area contributed by atoms with Gasteiger partial charge in [0.25, 0.3) is 0 Å². The Hall–Kier alpha value is -1.71. The first kappa shape index (κ1) is 11.4. The van der Waals surface area contributed by atoms with Crippen LogP contribution in [0.5, 0.6) is 0 Å². The Morgan fingerprint density at radius 1 is 1.06 bits per heavy atom. The second-order valence-corrected chi connectivity index (χ2v) is 5.25. The van der Waals surface area contributed by atoms with Gasteiger partial charge >= 0.3 is 0 Å². The first-order valence-electron chi connectivity index (χ1n) is 5.92. The summed E-state index contributed by atoms with van der Waals surface area (Å²) in [6.07, 6.45) is 2.54. The topological polar surface area (TPSA) is 33.1 Å². The van der Waals surface area contributed by atoms with Crippen LogP contribution in [0.2, 0.25) is 0 Å². The Morgan fingerprint density at radius 3 is 2.78 bits per heavy atom. The van der Waals surface area contributed by atoms with Crippen molar-refractivity contribution in [2.24, 2.45) is 0 Å². The Morgan fingerprint density at radius 2 is 1.89 bits per heavy atom. The highest BCUT2D eigenvalue weighted by Gasteiger charge is 2.07. The molecule has 3 heteroatoms. The lowest BCUT2D eigenvalue weighted by atomic mass is 10.1. The van der Waals surface area contributed by atoms with Gasteiger partial charge in [-0.1, -0.05) is 42.5 Å². The lowest BCUT2D eigenvalue weighted by Crippen LogP contribution is -1.84. The summed E-state index contributed by atoms with van der Waals surface area (Å²) < 4.78 is 0. The van der Waals surface area contributed by atoms with Gasteiger partial charge in [-0.25, -0.2) is 4.98 Å². The molecule has 0 amide bonds. The first-order chi connectivity index (χ1) is 8.88. The average Bonchev–Trinajstić information content (AvgIpc) is 2.87. The minimum atomic E-state index is 0.178. The molecule has 0 fully saturated rings. The molecule has 1 heterocycles. The molecule has 3 aromatic rings. The summed E-state index contributed by atoms with van der Waals surface area (Å²) in [7, 11) is 0. The van der Waals surface area contributed by atoms with E-state index >= 15 is 0 Å². The zero-order chi connectivity index (χ0) is 12.4. The van der Waals surface area contributed by atoms with E-state index in [1.165, 1.54) is 16.3 Å². The number of aromatic nitrogens is 1. The van der Waals surface area contributed by atoms with E-state index in [9.17, 15) is 0 Å². The molecule has 1 aromatic heterocycles. The average molecular weight is 255 g/mol. The number of hydrogen-bond donors (Lipinski definition) is 1. The standard InChI is InChI=1S/C15H13NOS/c17-9-8-12-10-16-15(18-12)14-7-3-5-11-4-1-2-6-13(11)14/h1-7,10,17H,8-9H2. The monoisotopic (exact) mass is 255 g/mol. The van der Waals surface area contributed by atoms with Crippen LogP contribution in [0.15, 0.2) is 48.7 Å². The minimum absolute atomic E-state index is 0.178. The van der Waals surface area contributed by atoms with Crippen LogP contribution in [0.1, 0.15) is 4.88 Å². The molecule has 18 heavy (non-hydrogen) atoms. The summed E-state index contributed by atoms with van der Waals surface area (Å²) in [5.74, 6) is 0. The third-order valence-corrected chi connectivity index (χ3v) is 4.02. The maximum atomic E-state index is 8.95. The van der Waals surface area contributed by atoms with Crippen LogP contribution in [0.3, 0.4) is 0 Å². The minimum Gasteiger partial charge on any atom is -0.396 e. The van der Waals surface area contributed by atoms with E-state index in [1.54, 1.807) is 11.3 Å². The molecule has 3 rings (SSSR count). The molecule has 0 aliphatic rings. The molecule has 2 nitrogen and oxygen atoms in total. The fraction of sp³-hybridized carbons (Fsp3) is 0.133. The molecule has 0 saturated carbocycles. The van der Waals surface area contributed by atoms with Crippen molar-refractivity contribution in [3.8, 4) is 10.6 Å². The van der Waals surface area contributed by atoms with Gasteiger partial charge in [-0.05, 0) is 10.8 Å². The van der Waals surface area contributed by atoms with Gasteiger partial charge in [0.15, 0.2) is 0 Å². The fourth-order valence-corrected chi connectivity index (χ4v) is 3.01. The van der Waals surface area contributed by atoms with Crippen molar-refractivity contribution in [1.82, 2.24) is 4.98 Å². The highest BCUT2D eigenvalue weighted by molar-refractivity contribution is 7.15. The summed E-state index contributed by atoms with van der Waals surface area (Å²) in [6.45, 7) is 0.178. The predicted octanol–water partition coefficient (Wildman–Crippen LogP) is 3.50.